The van der Waals surface area contributed by atoms with Gasteiger partial charge in [-0.2, -0.15) is 0 Å². The fourth-order valence-electron chi connectivity index (χ4n) is 4.12. The number of benzene rings is 2. The summed E-state index contributed by atoms with van der Waals surface area (Å²) in [6, 6.07) is 13.5. The van der Waals surface area contributed by atoms with E-state index in [4.69, 9.17) is 4.74 Å². The Morgan fingerprint density at radius 1 is 1.07 bits per heavy atom. The highest BCUT2D eigenvalue weighted by Gasteiger charge is 2.35. The third-order valence-electron chi connectivity index (χ3n) is 5.49. The summed E-state index contributed by atoms with van der Waals surface area (Å²) in [5, 5.41) is 11.5. The Balaban J connectivity index is 1.36. The summed E-state index contributed by atoms with van der Waals surface area (Å²) in [5.74, 6) is -0.123. The van der Waals surface area contributed by atoms with E-state index < -0.39 is 12.0 Å². The smallest absolute Gasteiger partial charge is 0.326 e. The Labute approximate surface area is 158 Å². The Morgan fingerprint density at radius 2 is 1.89 bits per heavy atom. The second kappa shape index (κ2) is 7.56. The topological polar surface area (TPSA) is 70.1 Å². The Hall–Kier alpha value is -2.60. The molecular formula is C21H24N2O4. The summed E-state index contributed by atoms with van der Waals surface area (Å²) in [6.07, 6.45) is 2.21. The van der Waals surface area contributed by atoms with Crippen molar-refractivity contribution in [3.8, 4) is 5.75 Å². The molecule has 0 radical (unpaired) electrons. The zero-order valence-electron chi connectivity index (χ0n) is 15.2. The van der Waals surface area contributed by atoms with Crippen molar-refractivity contribution in [1.82, 2.24) is 9.80 Å². The lowest BCUT2D eigenvalue weighted by atomic mass is 10.1. The van der Waals surface area contributed by atoms with Crippen LogP contribution in [0.5, 0.6) is 5.75 Å². The summed E-state index contributed by atoms with van der Waals surface area (Å²) in [5.41, 5.74) is 0. The van der Waals surface area contributed by atoms with Gasteiger partial charge in [0.1, 0.15) is 17.9 Å². The molecule has 4 rings (SSSR count). The van der Waals surface area contributed by atoms with Gasteiger partial charge in [0.15, 0.2) is 0 Å². The molecule has 2 aliphatic rings. The first-order valence-electron chi connectivity index (χ1n) is 9.51. The summed E-state index contributed by atoms with van der Waals surface area (Å²) in [7, 11) is 0. The Kier molecular flexibility index (Phi) is 4.99. The van der Waals surface area contributed by atoms with Gasteiger partial charge < -0.3 is 14.7 Å². The van der Waals surface area contributed by atoms with Crippen LogP contribution in [-0.4, -0.2) is 65.1 Å². The highest BCUT2D eigenvalue weighted by atomic mass is 16.5. The average molecular weight is 368 g/mol. The molecular weight excluding hydrogens is 344 g/mol. The van der Waals surface area contributed by atoms with Crippen molar-refractivity contribution in [2.45, 2.75) is 31.4 Å². The predicted octanol–water partition coefficient (Wildman–Crippen LogP) is 2.37. The van der Waals surface area contributed by atoms with Crippen molar-refractivity contribution in [3.63, 3.8) is 0 Å². The van der Waals surface area contributed by atoms with Crippen molar-refractivity contribution < 1.29 is 19.4 Å². The summed E-state index contributed by atoms with van der Waals surface area (Å²) >= 11 is 0. The largest absolute Gasteiger partial charge is 0.488 e. The molecule has 1 amide bonds. The molecule has 1 N–H and O–H groups in total. The molecule has 2 atom stereocenters. The molecule has 2 fully saturated rings. The van der Waals surface area contributed by atoms with Gasteiger partial charge in [-0.25, -0.2) is 4.79 Å². The van der Waals surface area contributed by atoms with Crippen molar-refractivity contribution in [2.75, 3.05) is 26.2 Å². The molecule has 2 saturated heterocycles. The first-order valence-corrected chi connectivity index (χ1v) is 9.51. The van der Waals surface area contributed by atoms with E-state index in [1.165, 1.54) is 4.90 Å². The summed E-state index contributed by atoms with van der Waals surface area (Å²) in [6.45, 7) is 2.27. The number of carbonyl (C=O) groups is 2. The lowest BCUT2D eigenvalue weighted by molar-refractivity contribution is -0.148. The van der Waals surface area contributed by atoms with E-state index in [9.17, 15) is 14.7 Å². The first kappa shape index (κ1) is 17.8. The molecule has 0 spiro atoms. The molecule has 142 valence electrons. The predicted molar refractivity (Wildman–Crippen MR) is 102 cm³/mol. The number of ether oxygens (including phenoxy) is 1. The Morgan fingerprint density at radius 3 is 2.74 bits per heavy atom. The Bertz CT molecular complexity index is 848. The molecule has 0 saturated carbocycles. The van der Waals surface area contributed by atoms with E-state index in [0.29, 0.717) is 19.5 Å². The van der Waals surface area contributed by atoms with Crippen LogP contribution < -0.4 is 4.74 Å². The van der Waals surface area contributed by atoms with Gasteiger partial charge in [-0.3, -0.25) is 9.69 Å². The normalized spacial score (nSPS) is 23.0. The van der Waals surface area contributed by atoms with Crippen molar-refractivity contribution in [3.05, 3.63) is 42.5 Å². The van der Waals surface area contributed by atoms with Gasteiger partial charge in [-0.1, -0.05) is 36.4 Å². The van der Waals surface area contributed by atoms with Crippen molar-refractivity contribution >= 4 is 22.6 Å². The molecule has 6 nitrogen and oxygen atoms in total. The molecule has 2 unspecified atom stereocenters. The molecule has 2 aromatic rings. The number of likely N-dealkylation sites (tertiary alicyclic amines) is 2. The number of fused-ring (bicyclic) bond motifs is 1. The minimum atomic E-state index is -0.903. The number of hydrogen-bond donors (Lipinski definition) is 1. The van der Waals surface area contributed by atoms with Crippen LogP contribution in [0.15, 0.2) is 42.5 Å². The minimum absolute atomic E-state index is 0.0393. The number of aliphatic carboxylic acids is 1. The van der Waals surface area contributed by atoms with Crippen LogP contribution in [-0.2, 0) is 9.59 Å². The van der Waals surface area contributed by atoms with Crippen LogP contribution in [0.3, 0.4) is 0 Å². The van der Waals surface area contributed by atoms with Gasteiger partial charge in [-0.05, 0) is 30.7 Å². The van der Waals surface area contributed by atoms with Gasteiger partial charge in [-0.15, -0.1) is 0 Å². The molecule has 2 aliphatic heterocycles. The lowest BCUT2D eigenvalue weighted by Crippen LogP contribution is -2.45. The van der Waals surface area contributed by atoms with Gasteiger partial charge in [0, 0.05) is 25.0 Å². The SMILES string of the molecule is O=C(O)C1CCCN1C(=O)CN1CCC(Oc2cccc3ccccc23)C1. The van der Waals surface area contributed by atoms with Crippen LogP contribution in [0, 0.1) is 0 Å². The average Bonchev–Trinajstić information content (AvgIpc) is 3.32. The number of carbonyl (C=O) groups excluding carboxylic acids is 1. The van der Waals surface area contributed by atoms with E-state index >= 15 is 0 Å². The monoisotopic (exact) mass is 368 g/mol. The van der Waals surface area contributed by atoms with Gasteiger partial charge in [0.2, 0.25) is 5.91 Å². The van der Waals surface area contributed by atoms with Crippen LogP contribution >= 0.6 is 0 Å². The van der Waals surface area contributed by atoms with Crippen LogP contribution in [0.1, 0.15) is 19.3 Å². The molecule has 6 heteroatoms. The van der Waals surface area contributed by atoms with Crippen molar-refractivity contribution in [2.24, 2.45) is 0 Å². The molecule has 0 aliphatic carbocycles. The van der Waals surface area contributed by atoms with E-state index in [0.717, 1.165) is 35.9 Å². The molecule has 2 aromatic carbocycles. The maximum absolute atomic E-state index is 12.5. The zero-order chi connectivity index (χ0) is 18.8. The molecule has 0 bridgehead atoms. The lowest BCUT2D eigenvalue weighted by Gasteiger charge is -2.24. The summed E-state index contributed by atoms with van der Waals surface area (Å²) in [4.78, 5) is 27.4. The summed E-state index contributed by atoms with van der Waals surface area (Å²) < 4.78 is 6.22. The first-order chi connectivity index (χ1) is 13.1. The number of nitrogens with zero attached hydrogens (tertiary/aromatic N) is 2. The molecule has 2 heterocycles. The zero-order valence-corrected chi connectivity index (χ0v) is 15.2. The fraction of sp³-hybridized carbons (Fsp3) is 0.429. The van der Waals surface area contributed by atoms with Crippen LogP contribution in [0.2, 0.25) is 0 Å². The third kappa shape index (κ3) is 3.76. The number of rotatable bonds is 5. The molecule has 27 heavy (non-hydrogen) atoms. The number of hydrogen-bond acceptors (Lipinski definition) is 4. The van der Waals surface area contributed by atoms with Crippen LogP contribution in [0.4, 0.5) is 0 Å². The van der Waals surface area contributed by atoms with E-state index in [1.54, 1.807) is 0 Å². The maximum Gasteiger partial charge on any atom is 0.326 e. The second-order valence-corrected chi connectivity index (χ2v) is 7.32. The molecule has 0 aromatic heterocycles. The minimum Gasteiger partial charge on any atom is -0.488 e. The van der Waals surface area contributed by atoms with Gasteiger partial charge in [0.25, 0.3) is 0 Å². The van der Waals surface area contributed by atoms with E-state index in [-0.39, 0.29) is 18.6 Å². The number of carboxylic acid groups (broad SMARTS) is 1. The van der Waals surface area contributed by atoms with Gasteiger partial charge >= 0.3 is 5.97 Å². The standard InChI is InChI=1S/C21H24N2O4/c24-20(23-11-4-8-18(23)21(25)26)14-22-12-10-16(13-22)27-19-9-3-6-15-5-1-2-7-17(15)19/h1-3,5-7,9,16,18H,4,8,10-14H2,(H,25,26). The van der Waals surface area contributed by atoms with Crippen molar-refractivity contribution in [1.29, 1.82) is 0 Å². The fourth-order valence-corrected chi connectivity index (χ4v) is 4.12. The van der Waals surface area contributed by atoms with E-state index in [2.05, 4.69) is 23.1 Å². The maximum atomic E-state index is 12.5. The highest BCUT2D eigenvalue weighted by Crippen LogP contribution is 2.28. The van der Waals surface area contributed by atoms with E-state index in [1.807, 2.05) is 24.3 Å². The van der Waals surface area contributed by atoms with Gasteiger partial charge in [0.05, 0.1) is 6.54 Å². The highest BCUT2D eigenvalue weighted by molar-refractivity contribution is 5.88. The number of carboxylic acids is 1. The number of amides is 1. The third-order valence-corrected chi connectivity index (χ3v) is 5.49. The second-order valence-electron chi connectivity index (χ2n) is 7.32. The van der Waals surface area contributed by atoms with Crippen LogP contribution in [0.25, 0.3) is 10.8 Å². The quantitative estimate of drug-likeness (QED) is 0.877.